The van der Waals surface area contributed by atoms with Gasteiger partial charge in [-0.15, -0.1) is 0 Å². The van der Waals surface area contributed by atoms with Crippen LogP contribution in [0.3, 0.4) is 0 Å². The van der Waals surface area contributed by atoms with Crippen LogP contribution in [0.4, 0.5) is 5.69 Å². The van der Waals surface area contributed by atoms with Gasteiger partial charge in [-0.2, -0.15) is 0 Å². The number of hydrogen-bond acceptors (Lipinski definition) is 4. The van der Waals surface area contributed by atoms with E-state index < -0.39 is 14.8 Å². The molecule has 0 saturated carbocycles. The first kappa shape index (κ1) is 17.1. The smallest absolute Gasteiger partial charge is 0.258 e. The Morgan fingerprint density at radius 2 is 1.80 bits per heavy atom. The Morgan fingerprint density at radius 1 is 1.25 bits per heavy atom. The van der Waals surface area contributed by atoms with Crippen molar-refractivity contribution in [3.63, 3.8) is 0 Å². The molecule has 0 saturated heterocycles. The number of rotatable bonds is 5. The van der Waals surface area contributed by atoms with Gasteiger partial charge >= 0.3 is 0 Å². The fourth-order valence-electron chi connectivity index (χ4n) is 2.44. The fraction of sp³-hybridized carbons (Fsp3) is 0.538. The number of hydrogen-bond donors (Lipinski definition) is 0. The number of sulfone groups is 1. The van der Waals surface area contributed by atoms with Gasteiger partial charge in [-0.1, -0.05) is 48.8 Å². The highest BCUT2D eigenvalue weighted by Crippen LogP contribution is 2.40. The van der Waals surface area contributed by atoms with Crippen LogP contribution in [0.15, 0.2) is 23.1 Å². The zero-order chi connectivity index (χ0) is 15.7. The average molecular weight is 364 g/mol. The van der Waals surface area contributed by atoms with E-state index in [-0.39, 0.29) is 27.2 Å². The third kappa shape index (κ3) is 3.58. The molecule has 0 aliphatic heterocycles. The van der Waals surface area contributed by atoms with Crippen molar-refractivity contribution >= 4 is 31.5 Å². The predicted octanol–water partition coefficient (Wildman–Crippen LogP) is 3.52. The molecule has 2 atom stereocenters. The molecular formula is C13H18BrNO4S. The van der Waals surface area contributed by atoms with Crippen LogP contribution in [-0.2, 0) is 9.84 Å². The molecule has 0 aliphatic rings. The van der Waals surface area contributed by atoms with Crippen LogP contribution in [0.25, 0.3) is 0 Å². The molecule has 0 spiro atoms. The highest BCUT2D eigenvalue weighted by atomic mass is 79.9. The zero-order valence-electron chi connectivity index (χ0n) is 11.8. The summed E-state index contributed by atoms with van der Waals surface area (Å²) in [6, 6.07) is 4.48. The maximum absolute atomic E-state index is 11.8. The number of nitro groups is 1. The van der Waals surface area contributed by atoms with Crippen LogP contribution in [0.5, 0.6) is 0 Å². The first-order valence-electron chi connectivity index (χ1n) is 6.18. The molecule has 20 heavy (non-hydrogen) atoms. The van der Waals surface area contributed by atoms with Gasteiger partial charge in [0.2, 0.25) is 0 Å². The van der Waals surface area contributed by atoms with E-state index in [0.717, 1.165) is 6.26 Å². The molecular weight excluding hydrogens is 346 g/mol. The number of para-hydroxylation sites is 1. The van der Waals surface area contributed by atoms with Crippen molar-refractivity contribution in [2.24, 2.45) is 5.92 Å². The molecule has 5 nitrogen and oxygen atoms in total. The normalized spacial score (nSPS) is 15.1. The Morgan fingerprint density at radius 3 is 2.15 bits per heavy atom. The maximum atomic E-state index is 11.8. The van der Waals surface area contributed by atoms with Crippen molar-refractivity contribution in [2.45, 2.75) is 36.4 Å². The third-order valence-corrected chi connectivity index (χ3v) is 4.88. The summed E-state index contributed by atoms with van der Waals surface area (Å²) in [4.78, 5) is 10.5. The molecule has 1 rings (SSSR count). The largest absolute Gasteiger partial charge is 0.291 e. The summed E-state index contributed by atoms with van der Waals surface area (Å²) in [5.41, 5.74) is 0.150. The molecule has 7 heteroatoms. The van der Waals surface area contributed by atoms with Gasteiger partial charge in [0.25, 0.3) is 5.69 Å². The van der Waals surface area contributed by atoms with Crippen molar-refractivity contribution in [1.29, 1.82) is 0 Å². The zero-order valence-corrected chi connectivity index (χ0v) is 14.2. The minimum Gasteiger partial charge on any atom is -0.258 e. The van der Waals surface area contributed by atoms with Gasteiger partial charge < -0.3 is 0 Å². The van der Waals surface area contributed by atoms with Crippen molar-refractivity contribution in [2.75, 3.05) is 6.26 Å². The number of nitrogens with zero attached hydrogens (tertiary/aromatic N) is 1. The maximum Gasteiger partial charge on any atom is 0.291 e. The number of nitro benzene ring substituents is 1. The Balaban J connectivity index is 3.68. The van der Waals surface area contributed by atoms with E-state index >= 15 is 0 Å². The number of alkyl halides is 1. The van der Waals surface area contributed by atoms with Gasteiger partial charge in [-0.3, -0.25) is 10.1 Å². The minimum absolute atomic E-state index is 0.00369. The second-order valence-corrected chi connectivity index (χ2v) is 8.60. The summed E-state index contributed by atoms with van der Waals surface area (Å²) in [6.07, 6.45) is 0.987. The van der Waals surface area contributed by atoms with Crippen LogP contribution < -0.4 is 0 Å². The fourth-order valence-corrected chi connectivity index (χ4v) is 4.20. The first-order valence-corrected chi connectivity index (χ1v) is 8.99. The third-order valence-electron chi connectivity index (χ3n) is 3.18. The highest BCUT2D eigenvalue weighted by molar-refractivity contribution is 9.09. The lowest BCUT2D eigenvalue weighted by Gasteiger charge is -2.24. The van der Waals surface area contributed by atoms with Gasteiger partial charge in [0.15, 0.2) is 9.84 Å². The van der Waals surface area contributed by atoms with E-state index in [0.29, 0.717) is 5.56 Å². The molecule has 1 aromatic rings. The van der Waals surface area contributed by atoms with Crippen molar-refractivity contribution in [3.05, 3.63) is 33.9 Å². The first-order chi connectivity index (χ1) is 9.07. The second kappa shape index (κ2) is 6.22. The molecule has 1 aromatic carbocycles. The van der Waals surface area contributed by atoms with Crippen LogP contribution in [0, 0.1) is 16.0 Å². The van der Waals surface area contributed by atoms with Crippen LogP contribution in [0.2, 0.25) is 0 Å². The van der Waals surface area contributed by atoms with Crippen molar-refractivity contribution in [1.82, 2.24) is 0 Å². The Bertz CT molecular complexity index is 603. The Labute approximate surface area is 127 Å². The SMILES string of the molecule is CC(C)C(c1cccc(S(C)(=O)=O)c1[N+](=O)[O-])C(C)Br. The molecule has 0 bridgehead atoms. The quantitative estimate of drug-likeness (QED) is 0.455. The summed E-state index contributed by atoms with van der Waals surface area (Å²) >= 11 is 3.46. The van der Waals surface area contributed by atoms with Crippen molar-refractivity contribution in [3.8, 4) is 0 Å². The molecule has 2 unspecified atom stereocenters. The lowest BCUT2D eigenvalue weighted by molar-refractivity contribution is -0.388. The summed E-state index contributed by atoms with van der Waals surface area (Å²) in [5.74, 6) is -0.00464. The molecule has 0 aliphatic carbocycles. The van der Waals surface area contributed by atoms with Crippen LogP contribution in [0.1, 0.15) is 32.3 Å². The molecule has 0 heterocycles. The second-order valence-electron chi connectivity index (χ2n) is 5.17. The summed E-state index contributed by atoms with van der Waals surface area (Å²) in [7, 11) is -3.64. The molecule has 112 valence electrons. The van der Waals surface area contributed by atoms with E-state index in [1.165, 1.54) is 6.07 Å². The lowest BCUT2D eigenvalue weighted by Crippen LogP contribution is -2.18. The summed E-state index contributed by atoms with van der Waals surface area (Å²) in [5, 5.41) is 11.4. The molecule has 0 amide bonds. The molecule has 0 radical (unpaired) electrons. The van der Waals surface area contributed by atoms with E-state index in [1.807, 2.05) is 20.8 Å². The van der Waals surface area contributed by atoms with E-state index in [1.54, 1.807) is 12.1 Å². The summed E-state index contributed by atoms with van der Waals surface area (Å²) < 4.78 is 23.5. The number of halogens is 1. The summed E-state index contributed by atoms with van der Waals surface area (Å²) in [6.45, 7) is 5.82. The van der Waals surface area contributed by atoms with E-state index in [4.69, 9.17) is 0 Å². The molecule has 0 N–H and O–H groups in total. The average Bonchev–Trinajstić information content (AvgIpc) is 2.26. The molecule has 0 fully saturated rings. The molecule has 0 aromatic heterocycles. The topological polar surface area (TPSA) is 77.3 Å². The van der Waals surface area contributed by atoms with Gasteiger partial charge in [0.1, 0.15) is 4.90 Å². The van der Waals surface area contributed by atoms with Crippen LogP contribution >= 0.6 is 15.9 Å². The monoisotopic (exact) mass is 363 g/mol. The van der Waals surface area contributed by atoms with Crippen molar-refractivity contribution < 1.29 is 13.3 Å². The Hall–Kier alpha value is -0.950. The van der Waals surface area contributed by atoms with E-state index in [2.05, 4.69) is 15.9 Å². The van der Waals surface area contributed by atoms with Crippen LogP contribution in [-0.4, -0.2) is 24.4 Å². The standard InChI is InChI=1S/C13H18BrNO4S/c1-8(2)12(9(3)14)10-6-5-7-11(20(4,18)19)13(10)15(16)17/h5-9,12H,1-4H3. The minimum atomic E-state index is -3.64. The predicted molar refractivity (Wildman–Crippen MR) is 82.2 cm³/mol. The van der Waals surface area contributed by atoms with Gasteiger partial charge in [-0.25, -0.2) is 8.42 Å². The van der Waals surface area contributed by atoms with Gasteiger partial charge in [0, 0.05) is 22.6 Å². The van der Waals surface area contributed by atoms with Gasteiger partial charge in [-0.05, 0) is 12.0 Å². The lowest BCUT2D eigenvalue weighted by atomic mass is 9.85. The Kier molecular flexibility index (Phi) is 5.32. The highest BCUT2D eigenvalue weighted by Gasteiger charge is 2.32. The number of benzene rings is 1. The van der Waals surface area contributed by atoms with E-state index in [9.17, 15) is 18.5 Å². The van der Waals surface area contributed by atoms with Gasteiger partial charge in [0.05, 0.1) is 4.92 Å².